The van der Waals surface area contributed by atoms with Gasteiger partial charge >= 0.3 is 6.01 Å². The van der Waals surface area contributed by atoms with Crippen LogP contribution in [0.1, 0.15) is 33.1 Å². The number of carbonyl (C=O) groups excluding carboxylic acids is 1. The number of anilines is 2. The molecule has 3 N–H and O–H groups in total. The van der Waals surface area contributed by atoms with Crippen molar-refractivity contribution in [2.45, 2.75) is 45.3 Å². The quantitative estimate of drug-likeness (QED) is 0.816. The smallest absolute Gasteiger partial charge is 0.323 e. The number of ether oxygens (including phenoxy) is 1. The van der Waals surface area contributed by atoms with Crippen LogP contribution in [0.3, 0.4) is 0 Å². The van der Waals surface area contributed by atoms with Gasteiger partial charge in [-0.25, -0.2) is 0 Å². The Balaban J connectivity index is 2.33. The topological polar surface area (TPSA) is 106 Å². The monoisotopic (exact) mass is 294 g/mol. The van der Waals surface area contributed by atoms with Crippen LogP contribution in [-0.2, 0) is 4.79 Å². The van der Waals surface area contributed by atoms with Gasteiger partial charge in [0.05, 0.1) is 6.10 Å². The molecule has 1 unspecified atom stereocenters. The summed E-state index contributed by atoms with van der Waals surface area (Å²) in [6, 6.07) is -0.133. The van der Waals surface area contributed by atoms with Gasteiger partial charge in [-0.05, 0) is 33.1 Å². The molecule has 0 radical (unpaired) electrons. The molecule has 1 aliphatic heterocycles. The van der Waals surface area contributed by atoms with Crippen molar-refractivity contribution in [2.24, 2.45) is 5.73 Å². The molecule has 1 aliphatic rings. The van der Waals surface area contributed by atoms with Gasteiger partial charge in [0.25, 0.3) is 0 Å². The third-order valence-electron chi connectivity index (χ3n) is 3.26. The van der Waals surface area contributed by atoms with Crippen molar-refractivity contribution < 1.29 is 9.53 Å². The highest BCUT2D eigenvalue weighted by atomic mass is 16.5. The summed E-state index contributed by atoms with van der Waals surface area (Å²) in [5.74, 6) is 0.477. The van der Waals surface area contributed by atoms with Gasteiger partial charge in [-0.2, -0.15) is 15.0 Å². The van der Waals surface area contributed by atoms with Crippen molar-refractivity contribution >= 4 is 17.8 Å². The van der Waals surface area contributed by atoms with Crippen LogP contribution >= 0.6 is 0 Å². The Morgan fingerprint density at radius 3 is 2.76 bits per heavy atom. The standard InChI is InChI=1S/C13H22N6O2/c1-8(2)21-13-17-11(15-3)16-12(18-13)19-7-5-4-6-9(19)10(14)20/h8-9H,4-7H2,1-3H3,(H2,14,20)(H,15,16,17,18). The maximum atomic E-state index is 11.6. The van der Waals surface area contributed by atoms with Crippen molar-refractivity contribution in [1.29, 1.82) is 0 Å². The first kappa shape index (κ1) is 15.3. The van der Waals surface area contributed by atoms with E-state index in [2.05, 4.69) is 20.3 Å². The third-order valence-corrected chi connectivity index (χ3v) is 3.26. The number of primary amides is 1. The van der Waals surface area contributed by atoms with Gasteiger partial charge in [-0.3, -0.25) is 4.79 Å². The van der Waals surface area contributed by atoms with Crippen molar-refractivity contribution in [1.82, 2.24) is 15.0 Å². The Bertz CT molecular complexity index is 507. The maximum Gasteiger partial charge on any atom is 0.323 e. The molecule has 8 nitrogen and oxygen atoms in total. The fourth-order valence-corrected chi connectivity index (χ4v) is 2.32. The summed E-state index contributed by atoms with van der Waals surface area (Å²) in [7, 11) is 1.72. The lowest BCUT2D eigenvalue weighted by molar-refractivity contribution is -0.119. The molecule has 0 saturated carbocycles. The predicted octanol–water partition coefficient (Wildman–Crippen LogP) is 0.545. The van der Waals surface area contributed by atoms with E-state index in [1.165, 1.54) is 0 Å². The normalized spacial score (nSPS) is 18.7. The molecular weight excluding hydrogens is 272 g/mol. The van der Waals surface area contributed by atoms with Crippen molar-refractivity contribution in [2.75, 3.05) is 23.8 Å². The summed E-state index contributed by atoms with van der Waals surface area (Å²) in [5, 5.41) is 2.88. The number of hydrogen-bond acceptors (Lipinski definition) is 7. The molecule has 21 heavy (non-hydrogen) atoms. The average molecular weight is 294 g/mol. The SMILES string of the molecule is CNc1nc(OC(C)C)nc(N2CCCCC2C(N)=O)n1. The van der Waals surface area contributed by atoms with Crippen LogP contribution in [0.4, 0.5) is 11.9 Å². The van der Waals surface area contributed by atoms with Crippen LogP contribution < -0.4 is 20.7 Å². The predicted molar refractivity (Wildman–Crippen MR) is 79.3 cm³/mol. The van der Waals surface area contributed by atoms with Crippen LogP contribution in [-0.4, -0.2) is 46.6 Å². The van der Waals surface area contributed by atoms with E-state index in [-0.39, 0.29) is 24.1 Å². The summed E-state index contributed by atoms with van der Waals surface area (Å²) in [4.78, 5) is 26.2. The van der Waals surface area contributed by atoms with Gasteiger partial charge < -0.3 is 20.7 Å². The van der Waals surface area contributed by atoms with E-state index in [1.54, 1.807) is 7.05 Å². The number of hydrogen-bond donors (Lipinski definition) is 2. The van der Waals surface area contributed by atoms with Gasteiger partial charge in [0.2, 0.25) is 17.8 Å². The van der Waals surface area contributed by atoms with Crippen LogP contribution in [0, 0.1) is 0 Å². The number of amides is 1. The lowest BCUT2D eigenvalue weighted by atomic mass is 10.0. The minimum atomic E-state index is -0.377. The summed E-state index contributed by atoms with van der Waals surface area (Å²) in [6.07, 6.45) is 2.63. The number of aromatic nitrogens is 3. The molecule has 116 valence electrons. The zero-order chi connectivity index (χ0) is 15.4. The zero-order valence-corrected chi connectivity index (χ0v) is 12.7. The molecule has 0 aromatic carbocycles. The van der Waals surface area contributed by atoms with E-state index < -0.39 is 0 Å². The number of rotatable bonds is 5. The van der Waals surface area contributed by atoms with E-state index >= 15 is 0 Å². The van der Waals surface area contributed by atoms with Crippen molar-refractivity contribution in [3.63, 3.8) is 0 Å². The molecule has 8 heteroatoms. The second-order valence-corrected chi connectivity index (χ2v) is 5.27. The van der Waals surface area contributed by atoms with E-state index in [0.717, 1.165) is 19.3 Å². The van der Waals surface area contributed by atoms with Gasteiger partial charge in [0, 0.05) is 13.6 Å². The summed E-state index contributed by atoms with van der Waals surface area (Å²) in [6.45, 7) is 4.49. The number of nitrogens with zero attached hydrogens (tertiary/aromatic N) is 4. The maximum absolute atomic E-state index is 11.6. The van der Waals surface area contributed by atoms with Gasteiger partial charge in [-0.15, -0.1) is 0 Å². The fraction of sp³-hybridized carbons (Fsp3) is 0.692. The first-order chi connectivity index (χ1) is 10.0. The molecule has 1 fully saturated rings. The van der Waals surface area contributed by atoms with Gasteiger partial charge in [0.1, 0.15) is 6.04 Å². The molecule has 1 aromatic heterocycles. The number of carbonyl (C=O) groups is 1. The largest absolute Gasteiger partial charge is 0.461 e. The van der Waals surface area contributed by atoms with Gasteiger partial charge in [0.15, 0.2) is 0 Å². The second kappa shape index (κ2) is 6.55. The average Bonchev–Trinajstić information content (AvgIpc) is 2.46. The van der Waals surface area contributed by atoms with E-state index in [4.69, 9.17) is 10.5 Å². The van der Waals surface area contributed by atoms with E-state index in [1.807, 2.05) is 18.7 Å². The Morgan fingerprint density at radius 1 is 1.38 bits per heavy atom. The minimum absolute atomic E-state index is 0.0433. The third kappa shape index (κ3) is 3.71. The highest BCUT2D eigenvalue weighted by Crippen LogP contribution is 2.24. The highest BCUT2D eigenvalue weighted by molar-refractivity contribution is 5.83. The van der Waals surface area contributed by atoms with E-state index in [0.29, 0.717) is 18.4 Å². The molecular formula is C13H22N6O2. The van der Waals surface area contributed by atoms with Crippen molar-refractivity contribution in [3.05, 3.63) is 0 Å². The number of nitrogens with one attached hydrogen (secondary N) is 1. The molecule has 1 amide bonds. The molecule has 1 atom stereocenters. The Labute approximate surface area is 124 Å². The second-order valence-electron chi connectivity index (χ2n) is 5.27. The highest BCUT2D eigenvalue weighted by Gasteiger charge is 2.29. The van der Waals surface area contributed by atoms with Crippen LogP contribution in [0.5, 0.6) is 6.01 Å². The lowest BCUT2D eigenvalue weighted by Crippen LogP contribution is -2.48. The van der Waals surface area contributed by atoms with Crippen LogP contribution in [0.15, 0.2) is 0 Å². The molecule has 1 aromatic rings. The van der Waals surface area contributed by atoms with E-state index in [9.17, 15) is 4.79 Å². The Kier molecular flexibility index (Phi) is 4.77. The van der Waals surface area contributed by atoms with Crippen molar-refractivity contribution in [3.8, 4) is 6.01 Å². The first-order valence-corrected chi connectivity index (χ1v) is 7.17. The zero-order valence-electron chi connectivity index (χ0n) is 12.7. The number of nitrogens with two attached hydrogens (primary N) is 1. The van der Waals surface area contributed by atoms with Gasteiger partial charge in [-0.1, -0.05) is 0 Å². The molecule has 2 heterocycles. The molecule has 0 bridgehead atoms. The molecule has 2 rings (SSSR count). The lowest BCUT2D eigenvalue weighted by Gasteiger charge is -2.33. The fourth-order valence-electron chi connectivity index (χ4n) is 2.32. The van der Waals surface area contributed by atoms with Crippen LogP contribution in [0.2, 0.25) is 0 Å². The summed E-state index contributed by atoms with van der Waals surface area (Å²) in [5.41, 5.74) is 5.49. The first-order valence-electron chi connectivity index (χ1n) is 7.17. The minimum Gasteiger partial charge on any atom is -0.461 e. The Morgan fingerprint density at radius 2 is 2.14 bits per heavy atom. The summed E-state index contributed by atoms with van der Waals surface area (Å²) < 4.78 is 5.54. The summed E-state index contributed by atoms with van der Waals surface area (Å²) >= 11 is 0. The molecule has 1 saturated heterocycles. The molecule has 0 aliphatic carbocycles. The Hall–Kier alpha value is -2.12. The molecule has 0 spiro atoms. The number of piperidine rings is 1. The van der Waals surface area contributed by atoms with Crippen LogP contribution in [0.25, 0.3) is 0 Å².